The van der Waals surface area contributed by atoms with E-state index in [1.165, 1.54) is 6.07 Å². The second-order valence-electron chi connectivity index (χ2n) is 5.73. The number of fused-ring (bicyclic) bond motifs is 3. The topological polar surface area (TPSA) is 117 Å². The van der Waals surface area contributed by atoms with Gasteiger partial charge in [-0.05, 0) is 30.3 Å². The van der Waals surface area contributed by atoms with Gasteiger partial charge in [0, 0.05) is 16.1 Å². The van der Waals surface area contributed by atoms with Gasteiger partial charge in [-0.15, -0.1) is 0 Å². The summed E-state index contributed by atoms with van der Waals surface area (Å²) < 4.78 is 0.875. The molecule has 0 radical (unpaired) electrons. The number of nitrogens with zero attached hydrogens (tertiary/aromatic N) is 2. The lowest BCUT2D eigenvalue weighted by Crippen LogP contribution is -2.19. The Morgan fingerprint density at radius 3 is 2.59 bits per heavy atom. The first-order valence-corrected chi connectivity index (χ1v) is 8.17. The Kier molecular flexibility index (Phi) is 3.89. The number of aromatic nitrogens is 3. The molecule has 2 aromatic heterocycles. The number of aromatic amines is 1. The van der Waals surface area contributed by atoms with E-state index < -0.39 is 17.6 Å². The first-order valence-electron chi connectivity index (χ1n) is 7.79. The van der Waals surface area contributed by atoms with Gasteiger partial charge in [-0.3, -0.25) is 4.79 Å². The van der Waals surface area contributed by atoms with Crippen LogP contribution >= 0.6 is 11.6 Å². The molecule has 0 fully saturated rings. The summed E-state index contributed by atoms with van der Waals surface area (Å²) in [6.45, 7) is 0. The van der Waals surface area contributed by atoms with Crippen LogP contribution < -0.4 is 11.0 Å². The first kappa shape index (κ1) is 16.8. The molecule has 0 aliphatic carbocycles. The number of nitrogens with one attached hydrogen (secondary N) is 2. The van der Waals surface area contributed by atoms with Gasteiger partial charge >= 0.3 is 11.7 Å². The smallest absolute Gasteiger partial charge is 0.347 e. The number of H-pyrrole nitrogens is 1. The van der Waals surface area contributed by atoms with Crippen LogP contribution in [0.4, 0.5) is 5.69 Å². The van der Waals surface area contributed by atoms with E-state index in [9.17, 15) is 19.5 Å². The van der Waals surface area contributed by atoms with Gasteiger partial charge in [0.1, 0.15) is 5.56 Å². The van der Waals surface area contributed by atoms with Crippen LogP contribution in [0.3, 0.4) is 0 Å². The van der Waals surface area contributed by atoms with Crippen LogP contribution in [0.2, 0.25) is 5.02 Å². The zero-order valence-corrected chi connectivity index (χ0v) is 14.3. The third-order valence-corrected chi connectivity index (χ3v) is 4.25. The van der Waals surface area contributed by atoms with E-state index in [1.807, 2.05) is 0 Å². The fraction of sp³-hybridized carbons (Fsp3) is 0. The van der Waals surface area contributed by atoms with Gasteiger partial charge in [-0.2, -0.15) is 9.61 Å². The number of hydrogen-bond donors (Lipinski definition) is 3. The van der Waals surface area contributed by atoms with E-state index in [0.717, 1.165) is 4.52 Å². The maximum Gasteiger partial charge on any atom is 0.347 e. The highest BCUT2D eigenvalue weighted by atomic mass is 35.5. The molecule has 1 amide bonds. The molecule has 2 heterocycles. The van der Waals surface area contributed by atoms with E-state index in [4.69, 9.17) is 11.6 Å². The second-order valence-corrected chi connectivity index (χ2v) is 6.17. The predicted molar refractivity (Wildman–Crippen MR) is 99.7 cm³/mol. The number of anilines is 1. The van der Waals surface area contributed by atoms with Crippen molar-refractivity contribution in [2.45, 2.75) is 0 Å². The second kappa shape index (κ2) is 6.26. The fourth-order valence-corrected chi connectivity index (χ4v) is 3.05. The number of carboxylic acids is 1. The number of benzene rings is 2. The SMILES string of the molecule is O=C(Nc1ccccc1)c1nn2c(=O)[nH]c3cc(Cl)ccc3c2c1C(=O)O. The molecule has 4 rings (SSSR count). The van der Waals surface area contributed by atoms with Crippen molar-refractivity contribution in [3.8, 4) is 0 Å². The molecule has 0 saturated carbocycles. The summed E-state index contributed by atoms with van der Waals surface area (Å²) in [5, 5.41) is 17.0. The zero-order chi connectivity index (χ0) is 19.1. The summed E-state index contributed by atoms with van der Waals surface area (Å²) in [5.41, 5.74) is -0.558. The molecule has 134 valence electrons. The van der Waals surface area contributed by atoms with Crippen LogP contribution in [-0.2, 0) is 0 Å². The van der Waals surface area contributed by atoms with Gasteiger partial charge in [-0.1, -0.05) is 29.8 Å². The third-order valence-electron chi connectivity index (χ3n) is 4.02. The lowest BCUT2D eigenvalue weighted by atomic mass is 10.1. The normalized spacial score (nSPS) is 11.0. The summed E-state index contributed by atoms with van der Waals surface area (Å²) in [7, 11) is 0. The highest BCUT2D eigenvalue weighted by Crippen LogP contribution is 2.25. The summed E-state index contributed by atoms with van der Waals surface area (Å²) in [6.07, 6.45) is 0. The monoisotopic (exact) mass is 382 g/mol. The highest BCUT2D eigenvalue weighted by Gasteiger charge is 2.27. The molecular weight excluding hydrogens is 372 g/mol. The average Bonchev–Trinajstić information content (AvgIpc) is 3.04. The Bertz CT molecular complexity index is 1280. The first-order chi connectivity index (χ1) is 13.0. The molecule has 4 aromatic rings. The van der Waals surface area contributed by atoms with E-state index in [-0.39, 0.29) is 16.8 Å². The number of halogens is 1. The number of amides is 1. The maximum absolute atomic E-state index is 12.6. The predicted octanol–water partition coefficient (Wildman–Crippen LogP) is 2.78. The fourth-order valence-electron chi connectivity index (χ4n) is 2.88. The van der Waals surface area contributed by atoms with Gasteiger partial charge in [0.2, 0.25) is 0 Å². The Labute approximate surface area is 156 Å². The minimum absolute atomic E-state index is 0.0242. The Hall–Kier alpha value is -3.65. The van der Waals surface area contributed by atoms with E-state index in [1.54, 1.807) is 42.5 Å². The van der Waals surface area contributed by atoms with Crippen molar-refractivity contribution < 1.29 is 14.7 Å². The van der Waals surface area contributed by atoms with E-state index in [0.29, 0.717) is 21.6 Å². The molecule has 0 unspecified atom stereocenters. The van der Waals surface area contributed by atoms with Crippen molar-refractivity contribution in [1.82, 2.24) is 14.6 Å². The van der Waals surface area contributed by atoms with Crippen molar-refractivity contribution in [2.24, 2.45) is 0 Å². The van der Waals surface area contributed by atoms with E-state index in [2.05, 4.69) is 15.4 Å². The average molecular weight is 383 g/mol. The van der Waals surface area contributed by atoms with Crippen LogP contribution in [0.15, 0.2) is 53.3 Å². The molecule has 0 bridgehead atoms. The van der Waals surface area contributed by atoms with Gasteiger partial charge in [0.05, 0.1) is 11.0 Å². The van der Waals surface area contributed by atoms with Crippen molar-refractivity contribution in [1.29, 1.82) is 0 Å². The van der Waals surface area contributed by atoms with Gasteiger partial charge < -0.3 is 15.4 Å². The quantitative estimate of drug-likeness (QED) is 0.503. The molecule has 3 N–H and O–H groups in total. The molecule has 27 heavy (non-hydrogen) atoms. The molecule has 0 spiro atoms. The van der Waals surface area contributed by atoms with Crippen molar-refractivity contribution in [3.05, 3.63) is 75.3 Å². The van der Waals surface area contributed by atoms with Crippen LogP contribution in [0.25, 0.3) is 16.4 Å². The number of carbonyl (C=O) groups is 2. The maximum atomic E-state index is 12.6. The number of carbonyl (C=O) groups excluding carboxylic acids is 1. The molecule has 0 atom stereocenters. The minimum Gasteiger partial charge on any atom is -0.478 e. The molecule has 9 heteroatoms. The molecule has 8 nitrogen and oxygen atoms in total. The van der Waals surface area contributed by atoms with Crippen molar-refractivity contribution in [2.75, 3.05) is 5.32 Å². The largest absolute Gasteiger partial charge is 0.478 e. The number of rotatable bonds is 3. The van der Waals surface area contributed by atoms with Gasteiger partial charge in [-0.25, -0.2) is 9.59 Å². The van der Waals surface area contributed by atoms with Crippen molar-refractivity contribution >= 4 is 45.6 Å². The summed E-state index contributed by atoms with van der Waals surface area (Å²) in [4.78, 5) is 39.5. The number of para-hydroxylation sites is 1. The van der Waals surface area contributed by atoms with E-state index >= 15 is 0 Å². The highest BCUT2D eigenvalue weighted by molar-refractivity contribution is 6.31. The Morgan fingerprint density at radius 1 is 1.15 bits per heavy atom. The Balaban J connectivity index is 1.99. The number of carboxylic acid groups (broad SMARTS) is 1. The van der Waals surface area contributed by atoms with Crippen LogP contribution in [0, 0.1) is 0 Å². The summed E-state index contributed by atoms with van der Waals surface area (Å²) in [5.74, 6) is -2.10. The molecule has 2 aromatic carbocycles. The lowest BCUT2D eigenvalue weighted by molar-refractivity contribution is 0.0694. The Morgan fingerprint density at radius 2 is 1.89 bits per heavy atom. The van der Waals surface area contributed by atoms with Crippen LogP contribution in [-0.4, -0.2) is 31.6 Å². The summed E-state index contributed by atoms with van der Waals surface area (Å²) >= 11 is 5.95. The standard InChI is InChI=1S/C18H11ClN4O4/c19-9-6-7-11-12(8-9)21-18(27)23-15(11)13(17(25)26)14(22-23)16(24)20-10-4-2-1-3-5-10/h1-8H,(H,20,24)(H,21,27)(H,25,26). The third kappa shape index (κ3) is 2.81. The van der Waals surface area contributed by atoms with Crippen molar-refractivity contribution in [3.63, 3.8) is 0 Å². The van der Waals surface area contributed by atoms with Gasteiger partial charge in [0.15, 0.2) is 5.69 Å². The van der Waals surface area contributed by atoms with Crippen LogP contribution in [0.5, 0.6) is 0 Å². The molecule has 0 saturated heterocycles. The molecule has 0 aliphatic heterocycles. The van der Waals surface area contributed by atoms with Crippen LogP contribution in [0.1, 0.15) is 20.8 Å². The summed E-state index contributed by atoms with van der Waals surface area (Å²) in [6, 6.07) is 13.1. The molecular formula is C18H11ClN4O4. The minimum atomic E-state index is -1.37. The zero-order valence-electron chi connectivity index (χ0n) is 13.6. The number of aromatic carboxylic acids is 1. The molecule has 0 aliphatic rings. The lowest BCUT2D eigenvalue weighted by Gasteiger charge is -2.03. The van der Waals surface area contributed by atoms with Gasteiger partial charge in [0.25, 0.3) is 5.91 Å². The number of hydrogen-bond acceptors (Lipinski definition) is 4.